The van der Waals surface area contributed by atoms with E-state index in [-0.39, 0.29) is 11.8 Å². The fourth-order valence-electron chi connectivity index (χ4n) is 4.33. The molecule has 5 nitrogen and oxygen atoms in total. The lowest BCUT2D eigenvalue weighted by Gasteiger charge is -2.20. The van der Waals surface area contributed by atoms with Gasteiger partial charge in [-0.2, -0.15) is 0 Å². The third-order valence-electron chi connectivity index (χ3n) is 6.11. The molecule has 1 aliphatic heterocycles. The second-order valence-corrected chi connectivity index (χ2v) is 8.30. The van der Waals surface area contributed by atoms with Gasteiger partial charge in [0.1, 0.15) is 5.75 Å². The maximum Gasteiger partial charge on any atom is 0.261 e. The number of nitrogens with one attached hydrogen (secondary N) is 1. The van der Waals surface area contributed by atoms with Crippen LogP contribution in [0, 0.1) is 0 Å². The monoisotopic (exact) mass is 406 g/mol. The Labute approximate surface area is 178 Å². The first-order valence-electron chi connectivity index (χ1n) is 11.0. The quantitative estimate of drug-likeness (QED) is 0.761. The number of benzene rings is 2. The van der Waals surface area contributed by atoms with Gasteiger partial charge in [0.15, 0.2) is 6.10 Å². The van der Waals surface area contributed by atoms with Crippen molar-refractivity contribution in [3.63, 3.8) is 0 Å². The summed E-state index contributed by atoms with van der Waals surface area (Å²) in [6.45, 7) is 3.62. The minimum absolute atomic E-state index is 0.139. The number of carbonyl (C=O) groups excluding carboxylic acids is 2. The highest BCUT2D eigenvalue weighted by Crippen LogP contribution is 2.26. The van der Waals surface area contributed by atoms with Gasteiger partial charge in [-0.25, -0.2) is 0 Å². The van der Waals surface area contributed by atoms with Crippen molar-refractivity contribution in [2.24, 2.45) is 0 Å². The maximum absolute atomic E-state index is 12.6. The lowest BCUT2D eigenvalue weighted by molar-refractivity contribution is -0.128. The molecule has 0 saturated carbocycles. The number of carbonyl (C=O) groups is 2. The Bertz CT molecular complexity index is 924. The molecule has 0 bridgehead atoms. The molecule has 0 spiro atoms. The van der Waals surface area contributed by atoms with E-state index in [0.717, 1.165) is 42.7 Å². The normalized spacial score (nSPS) is 16.8. The molecule has 4 rings (SSSR count). The molecule has 0 unspecified atom stereocenters. The Balaban J connectivity index is 1.34. The molecule has 2 amide bonds. The number of ether oxygens (including phenoxy) is 1. The van der Waals surface area contributed by atoms with Crippen LogP contribution in [0.4, 0.5) is 0 Å². The first-order chi connectivity index (χ1) is 14.6. The number of nitrogens with zero attached hydrogens (tertiary/aromatic N) is 1. The lowest BCUT2D eigenvalue weighted by Crippen LogP contribution is -2.36. The van der Waals surface area contributed by atoms with Crippen LogP contribution in [0.2, 0.25) is 0 Å². The number of rotatable bonds is 7. The van der Waals surface area contributed by atoms with Crippen molar-refractivity contribution in [3.05, 3.63) is 64.7 Å². The second kappa shape index (κ2) is 9.33. The molecular formula is C25H30N2O3. The van der Waals surface area contributed by atoms with E-state index >= 15 is 0 Å². The largest absolute Gasteiger partial charge is 0.481 e. The van der Waals surface area contributed by atoms with Crippen LogP contribution in [-0.4, -0.2) is 29.4 Å². The van der Waals surface area contributed by atoms with Gasteiger partial charge in [-0.05, 0) is 73.4 Å². The fourth-order valence-corrected chi connectivity index (χ4v) is 4.33. The molecule has 1 aliphatic carbocycles. The van der Waals surface area contributed by atoms with Gasteiger partial charge >= 0.3 is 0 Å². The average molecular weight is 407 g/mol. The highest BCUT2D eigenvalue weighted by atomic mass is 16.5. The molecule has 2 aromatic carbocycles. The van der Waals surface area contributed by atoms with Crippen molar-refractivity contribution in [2.45, 2.75) is 64.6 Å². The lowest BCUT2D eigenvalue weighted by atomic mass is 9.92. The van der Waals surface area contributed by atoms with Crippen molar-refractivity contribution < 1.29 is 14.3 Å². The van der Waals surface area contributed by atoms with Crippen molar-refractivity contribution in [1.29, 1.82) is 0 Å². The van der Waals surface area contributed by atoms with Gasteiger partial charge in [0, 0.05) is 26.1 Å². The van der Waals surface area contributed by atoms with Crippen molar-refractivity contribution >= 4 is 11.8 Å². The van der Waals surface area contributed by atoms with Crippen molar-refractivity contribution in [1.82, 2.24) is 10.2 Å². The SMILES string of the molecule is C[C@@H](Oc1ccc2c(c1)CCCC2)C(=O)NCc1ccccc1CN1CCCC1=O. The zero-order valence-electron chi connectivity index (χ0n) is 17.7. The average Bonchev–Trinajstić information content (AvgIpc) is 3.17. The summed E-state index contributed by atoms with van der Waals surface area (Å²) in [5, 5.41) is 2.99. The summed E-state index contributed by atoms with van der Waals surface area (Å²) < 4.78 is 5.92. The molecule has 1 N–H and O–H groups in total. The third-order valence-corrected chi connectivity index (χ3v) is 6.11. The van der Waals surface area contributed by atoms with Gasteiger partial charge in [-0.3, -0.25) is 9.59 Å². The Kier molecular flexibility index (Phi) is 6.36. The molecule has 0 radical (unpaired) electrons. The fraction of sp³-hybridized carbons (Fsp3) is 0.440. The Morgan fingerprint density at radius 2 is 1.80 bits per heavy atom. The predicted molar refractivity (Wildman–Crippen MR) is 116 cm³/mol. The maximum atomic E-state index is 12.6. The molecule has 1 atom stereocenters. The Hall–Kier alpha value is -2.82. The van der Waals surface area contributed by atoms with Gasteiger partial charge in [-0.1, -0.05) is 30.3 Å². The van der Waals surface area contributed by atoms with Crippen LogP contribution in [0.25, 0.3) is 0 Å². The van der Waals surface area contributed by atoms with Crippen LogP contribution in [0.3, 0.4) is 0 Å². The van der Waals surface area contributed by atoms with E-state index < -0.39 is 6.10 Å². The summed E-state index contributed by atoms with van der Waals surface area (Å²) in [6.07, 6.45) is 5.68. The molecule has 1 saturated heterocycles. The molecule has 1 heterocycles. The van der Waals surface area contributed by atoms with E-state index in [1.165, 1.54) is 24.0 Å². The van der Waals surface area contributed by atoms with Gasteiger partial charge in [0.05, 0.1) is 0 Å². The molecule has 0 aromatic heterocycles. The molecule has 30 heavy (non-hydrogen) atoms. The zero-order chi connectivity index (χ0) is 20.9. The van der Waals surface area contributed by atoms with E-state index in [1.54, 1.807) is 6.92 Å². The number of likely N-dealkylation sites (tertiary alicyclic amines) is 1. The minimum atomic E-state index is -0.570. The molecule has 2 aromatic rings. The van der Waals surface area contributed by atoms with Crippen LogP contribution in [-0.2, 0) is 35.5 Å². The Morgan fingerprint density at radius 3 is 2.57 bits per heavy atom. The number of fused-ring (bicyclic) bond motifs is 1. The summed E-state index contributed by atoms with van der Waals surface area (Å²) >= 11 is 0. The van der Waals surface area contributed by atoms with Crippen LogP contribution in [0.1, 0.15) is 54.9 Å². The van der Waals surface area contributed by atoms with Crippen LogP contribution in [0.5, 0.6) is 5.75 Å². The van der Waals surface area contributed by atoms with Gasteiger partial charge in [0.25, 0.3) is 5.91 Å². The summed E-state index contributed by atoms with van der Waals surface area (Å²) in [7, 11) is 0. The standard InChI is InChI=1S/C25H30N2O3/c1-18(30-23-13-12-19-7-2-3-8-20(19)15-23)25(29)26-16-21-9-4-5-10-22(21)17-27-14-6-11-24(27)28/h4-5,9-10,12-13,15,18H,2-3,6-8,11,14,16-17H2,1H3,(H,26,29)/t18-/m1/s1. The minimum Gasteiger partial charge on any atom is -0.481 e. The summed E-state index contributed by atoms with van der Waals surface area (Å²) in [6, 6.07) is 14.2. The summed E-state index contributed by atoms with van der Waals surface area (Å²) in [4.78, 5) is 26.5. The van der Waals surface area contributed by atoms with E-state index in [0.29, 0.717) is 19.5 Å². The van der Waals surface area contributed by atoms with Crippen molar-refractivity contribution in [2.75, 3.05) is 6.54 Å². The number of hydrogen-bond donors (Lipinski definition) is 1. The van der Waals surface area contributed by atoms with E-state index in [4.69, 9.17) is 4.74 Å². The molecular weight excluding hydrogens is 376 g/mol. The first-order valence-corrected chi connectivity index (χ1v) is 11.0. The zero-order valence-corrected chi connectivity index (χ0v) is 17.7. The van der Waals surface area contributed by atoms with E-state index in [1.807, 2.05) is 35.2 Å². The molecule has 2 aliphatic rings. The topological polar surface area (TPSA) is 58.6 Å². The van der Waals surface area contributed by atoms with E-state index in [9.17, 15) is 9.59 Å². The van der Waals surface area contributed by atoms with Gasteiger partial charge < -0.3 is 15.0 Å². The molecule has 5 heteroatoms. The smallest absolute Gasteiger partial charge is 0.261 e. The predicted octanol–water partition coefficient (Wildman–Crippen LogP) is 3.77. The molecule has 158 valence electrons. The Morgan fingerprint density at radius 1 is 1.03 bits per heavy atom. The van der Waals surface area contributed by atoms with Crippen LogP contribution < -0.4 is 10.1 Å². The van der Waals surface area contributed by atoms with Gasteiger partial charge in [-0.15, -0.1) is 0 Å². The summed E-state index contributed by atoms with van der Waals surface area (Å²) in [5.41, 5.74) is 4.86. The molecule has 1 fully saturated rings. The third kappa shape index (κ3) is 4.84. The highest BCUT2D eigenvalue weighted by Gasteiger charge is 2.21. The van der Waals surface area contributed by atoms with Crippen LogP contribution in [0.15, 0.2) is 42.5 Å². The van der Waals surface area contributed by atoms with Gasteiger partial charge in [0.2, 0.25) is 5.91 Å². The summed E-state index contributed by atoms with van der Waals surface area (Å²) in [5.74, 6) is 0.826. The van der Waals surface area contributed by atoms with E-state index in [2.05, 4.69) is 17.4 Å². The van der Waals surface area contributed by atoms with Crippen LogP contribution >= 0.6 is 0 Å². The number of aryl methyl sites for hydroxylation is 2. The number of amides is 2. The first kappa shape index (κ1) is 20.5. The highest BCUT2D eigenvalue weighted by molar-refractivity contribution is 5.80. The number of hydrogen-bond acceptors (Lipinski definition) is 3. The second-order valence-electron chi connectivity index (χ2n) is 8.30. The van der Waals surface area contributed by atoms with Crippen molar-refractivity contribution in [3.8, 4) is 5.75 Å².